The molecule has 0 saturated heterocycles. The molecule has 0 rings (SSSR count). The molecule has 0 aromatic heterocycles. The minimum Gasteiger partial charge on any atom is -1.00 e. The summed E-state index contributed by atoms with van der Waals surface area (Å²) in [5, 5.41) is 0. The van der Waals surface area contributed by atoms with Crippen LogP contribution in [0, 0.1) is 0 Å². The molecule has 0 nitrogen and oxygen atoms in total. The van der Waals surface area contributed by atoms with Crippen molar-refractivity contribution in [3.8, 4) is 0 Å². The van der Waals surface area contributed by atoms with Gasteiger partial charge < -0.3 is 2.85 Å². The van der Waals surface area contributed by atoms with Crippen molar-refractivity contribution in [2.24, 2.45) is 0 Å². The topological polar surface area (TPSA) is 0 Å². The first kappa shape index (κ1) is 25.5. The molecule has 0 aromatic carbocycles. The fourth-order valence-corrected chi connectivity index (χ4v) is 0. The first-order valence-corrected chi connectivity index (χ1v) is 0. The molecule has 0 bridgehead atoms. The Labute approximate surface area is 110 Å². The molecule has 0 N–H and O–H groups in total. The third-order valence-corrected chi connectivity index (χ3v) is 0. The SMILES string of the molecule is [AlH3].[Ca+2].[H-].[H-].[Ti].[Y]. The number of hydrogen-bond donors (Lipinski definition) is 0. The Kier molecular flexibility index (Phi) is 102. The molecule has 0 amide bonds. The summed E-state index contributed by atoms with van der Waals surface area (Å²) >= 11 is 0. The molecule has 0 aliphatic rings. The van der Waals surface area contributed by atoms with Crippen molar-refractivity contribution >= 4 is 55.1 Å². The van der Waals surface area contributed by atoms with Gasteiger partial charge in [-0.05, 0) is 0 Å². The standard InChI is InChI=1S/Al.Ca.Ti.Y.5H/q;+2;;;;;;2*-1. The minimum atomic E-state index is 0. The normalized spacial score (nSPS) is 0. The average molecular weight is 209 g/mol. The summed E-state index contributed by atoms with van der Waals surface area (Å²) in [5.41, 5.74) is 0. The molecule has 0 aliphatic carbocycles. The Balaban J connectivity index is 0. The molecule has 0 heterocycles. The van der Waals surface area contributed by atoms with Gasteiger partial charge in [0.1, 0.15) is 0 Å². The van der Waals surface area contributed by atoms with E-state index in [2.05, 4.69) is 0 Å². The third-order valence-electron chi connectivity index (χ3n) is 0. The van der Waals surface area contributed by atoms with Gasteiger partial charge >= 0.3 is 37.7 Å². The Hall–Kier alpha value is 3.61. The van der Waals surface area contributed by atoms with Gasteiger partial charge in [0.15, 0.2) is 17.4 Å². The van der Waals surface area contributed by atoms with Crippen molar-refractivity contribution in [3.63, 3.8) is 0 Å². The summed E-state index contributed by atoms with van der Waals surface area (Å²) in [5.74, 6) is 0. The van der Waals surface area contributed by atoms with E-state index >= 15 is 0 Å². The van der Waals surface area contributed by atoms with Gasteiger partial charge in [0.25, 0.3) is 0 Å². The first-order chi connectivity index (χ1) is 0. The third kappa shape index (κ3) is 9.15. The molecule has 0 unspecified atom stereocenters. The van der Waals surface area contributed by atoms with E-state index in [9.17, 15) is 0 Å². The summed E-state index contributed by atoms with van der Waals surface area (Å²) in [6, 6.07) is 0. The Bertz CT molecular complexity index is 13.5. The molecule has 4 heteroatoms. The minimum absolute atomic E-state index is 0. The van der Waals surface area contributed by atoms with Crippen molar-refractivity contribution < 1.29 is 57.3 Å². The Morgan fingerprint density at radius 1 is 1.25 bits per heavy atom. The fourth-order valence-electron chi connectivity index (χ4n) is 0. The van der Waals surface area contributed by atoms with Crippen LogP contribution >= 0.6 is 0 Å². The molecule has 1 radical (unpaired) electrons. The van der Waals surface area contributed by atoms with E-state index < -0.39 is 0 Å². The molecule has 4 heavy (non-hydrogen) atoms. The smallest absolute Gasteiger partial charge is 1.00 e. The first-order valence-electron chi connectivity index (χ1n) is 0. The van der Waals surface area contributed by atoms with Crippen LogP contribution in [0.2, 0.25) is 0 Å². The van der Waals surface area contributed by atoms with E-state index in [4.69, 9.17) is 0 Å². The quantitative estimate of drug-likeness (QED) is 0.433. The van der Waals surface area contributed by atoms with Crippen molar-refractivity contribution in [2.75, 3.05) is 0 Å². The van der Waals surface area contributed by atoms with Crippen LogP contribution in [0.4, 0.5) is 0 Å². The van der Waals surface area contributed by atoms with Crippen LogP contribution in [-0.2, 0) is 54.4 Å². The van der Waals surface area contributed by atoms with Gasteiger partial charge in [0.2, 0.25) is 0 Å². The van der Waals surface area contributed by atoms with E-state index in [1.807, 2.05) is 0 Å². The second-order valence-corrected chi connectivity index (χ2v) is 0. The van der Waals surface area contributed by atoms with Crippen LogP contribution in [0.25, 0.3) is 0 Å². The zero-order valence-corrected chi connectivity index (χ0v) is 8.39. The fraction of sp³-hybridized carbons (Fsp3) is 0. The van der Waals surface area contributed by atoms with Gasteiger partial charge in [-0.15, -0.1) is 0 Å². The van der Waals surface area contributed by atoms with Gasteiger partial charge in [-0.3, -0.25) is 0 Å². The molecule has 0 saturated carbocycles. The van der Waals surface area contributed by atoms with E-state index in [1.165, 1.54) is 0 Å². The van der Waals surface area contributed by atoms with E-state index in [1.54, 1.807) is 0 Å². The van der Waals surface area contributed by atoms with Crippen LogP contribution in [0.1, 0.15) is 2.85 Å². The Morgan fingerprint density at radius 3 is 1.25 bits per heavy atom. The monoisotopic (exact) mass is 209 g/mol. The number of rotatable bonds is 0. The van der Waals surface area contributed by atoms with Gasteiger partial charge in [0, 0.05) is 54.4 Å². The van der Waals surface area contributed by atoms with Gasteiger partial charge in [-0.1, -0.05) is 0 Å². The second-order valence-electron chi connectivity index (χ2n) is 0. The predicted molar refractivity (Wildman–Crippen MR) is 17.9 cm³/mol. The predicted octanol–water partition coefficient (Wildman–Crippen LogP) is -1.34. The molecule has 0 spiro atoms. The van der Waals surface area contributed by atoms with Crippen molar-refractivity contribution in [3.05, 3.63) is 0 Å². The maximum absolute atomic E-state index is 0. The summed E-state index contributed by atoms with van der Waals surface area (Å²) < 4.78 is 0. The summed E-state index contributed by atoms with van der Waals surface area (Å²) in [4.78, 5) is 0. The van der Waals surface area contributed by atoms with Crippen LogP contribution in [0.3, 0.4) is 0 Å². The van der Waals surface area contributed by atoms with Crippen LogP contribution in [0.15, 0.2) is 0 Å². The zero-order valence-electron chi connectivity index (χ0n) is 3.78. The van der Waals surface area contributed by atoms with E-state index in [0.717, 1.165) is 0 Å². The molecule has 17 valence electrons. The van der Waals surface area contributed by atoms with Gasteiger partial charge in [-0.2, -0.15) is 0 Å². The molecule has 0 atom stereocenters. The molecular weight excluding hydrogens is 204 g/mol. The van der Waals surface area contributed by atoms with Gasteiger partial charge in [0.05, 0.1) is 0 Å². The maximum Gasteiger partial charge on any atom is 2.00 e. The molecule has 0 fully saturated rings. The number of hydrogen-bond acceptors (Lipinski definition) is 0. The maximum atomic E-state index is 0. The van der Waals surface area contributed by atoms with E-state index in [-0.39, 0.29) is 112 Å². The zero-order chi connectivity index (χ0) is 0. The van der Waals surface area contributed by atoms with Crippen LogP contribution < -0.4 is 0 Å². The second kappa shape index (κ2) is 16.0. The molecule has 0 aliphatic heterocycles. The van der Waals surface area contributed by atoms with Crippen LogP contribution in [0.5, 0.6) is 0 Å². The van der Waals surface area contributed by atoms with Crippen LogP contribution in [-0.4, -0.2) is 55.1 Å². The van der Waals surface area contributed by atoms with Gasteiger partial charge in [-0.25, -0.2) is 0 Å². The van der Waals surface area contributed by atoms with Crippen molar-refractivity contribution in [1.82, 2.24) is 0 Å². The summed E-state index contributed by atoms with van der Waals surface area (Å²) in [6.07, 6.45) is 0. The summed E-state index contributed by atoms with van der Waals surface area (Å²) in [7, 11) is 0. The van der Waals surface area contributed by atoms with E-state index in [0.29, 0.717) is 0 Å². The van der Waals surface area contributed by atoms with Crippen molar-refractivity contribution in [1.29, 1.82) is 0 Å². The largest absolute Gasteiger partial charge is 2.00 e. The molecule has 0 aromatic rings. The summed E-state index contributed by atoms with van der Waals surface area (Å²) in [6.45, 7) is 0. The Morgan fingerprint density at radius 2 is 1.25 bits per heavy atom. The average Bonchev–Trinajstić information content (AvgIpc) is 0. The van der Waals surface area contributed by atoms with Crippen molar-refractivity contribution in [2.45, 2.75) is 0 Å². The molecular formula is H5AlCaTiY.